The van der Waals surface area contributed by atoms with Crippen LogP contribution in [0.4, 0.5) is 4.39 Å². The zero-order valence-electron chi connectivity index (χ0n) is 15.2. The quantitative estimate of drug-likeness (QED) is 0.642. The lowest BCUT2D eigenvalue weighted by molar-refractivity contribution is -0.140. The molecule has 0 saturated heterocycles. The molecule has 0 bridgehead atoms. The maximum Gasteiger partial charge on any atom is 0.322 e. The molecule has 9 heteroatoms. The predicted octanol–water partition coefficient (Wildman–Crippen LogP) is 1.36. The Bertz CT molecular complexity index is 818. The molecule has 146 valence electrons. The van der Waals surface area contributed by atoms with Crippen LogP contribution in [-0.2, 0) is 20.9 Å². The van der Waals surface area contributed by atoms with E-state index in [2.05, 4.69) is 5.32 Å². The largest absolute Gasteiger partial charge is 0.511 e. The van der Waals surface area contributed by atoms with E-state index < -0.39 is 47.0 Å². The molecule has 8 nitrogen and oxygen atoms in total. The number of amides is 2. The maximum atomic E-state index is 13.9. The van der Waals surface area contributed by atoms with Gasteiger partial charge in [0.25, 0.3) is 11.8 Å². The van der Waals surface area contributed by atoms with Gasteiger partial charge in [0.2, 0.25) is 0 Å². The summed E-state index contributed by atoms with van der Waals surface area (Å²) in [4.78, 5) is 36.9. The number of benzene rings is 1. The number of aliphatic hydroxyl groups is 1. The van der Waals surface area contributed by atoms with Gasteiger partial charge in [0.1, 0.15) is 17.9 Å². The molecule has 0 unspecified atom stereocenters. The van der Waals surface area contributed by atoms with Crippen LogP contribution >= 0.6 is 0 Å². The molecule has 0 aromatic heterocycles. The predicted molar refractivity (Wildman–Crippen MR) is 92.5 cm³/mol. The van der Waals surface area contributed by atoms with Crippen molar-refractivity contribution in [2.75, 3.05) is 13.7 Å². The molecule has 1 heterocycles. The molecule has 0 atom stereocenters. The molecule has 3 N–H and O–H groups in total. The topological polar surface area (TPSA) is 116 Å². The van der Waals surface area contributed by atoms with Crippen molar-refractivity contribution in [1.29, 1.82) is 0 Å². The third-order valence-electron chi connectivity index (χ3n) is 4.26. The molecule has 27 heavy (non-hydrogen) atoms. The van der Waals surface area contributed by atoms with Gasteiger partial charge in [-0.15, -0.1) is 0 Å². The number of nitrogens with zero attached hydrogens (tertiary/aromatic N) is 1. The first-order valence-electron chi connectivity index (χ1n) is 8.13. The fourth-order valence-electron chi connectivity index (χ4n) is 2.88. The van der Waals surface area contributed by atoms with Crippen LogP contribution < -0.4 is 10.1 Å². The van der Waals surface area contributed by atoms with Crippen molar-refractivity contribution >= 4 is 17.8 Å². The van der Waals surface area contributed by atoms with Gasteiger partial charge in [0, 0.05) is 18.5 Å². The Morgan fingerprint density at radius 2 is 2.04 bits per heavy atom. The highest BCUT2D eigenvalue weighted by Gasteiger charge is 2.42. The van der Waals surface area contributed by atoms with Crippen LogP contribution in [0.25, 0.3) is 0 Å². The van der Waals surface area contributed by atoms with E-state index in [0.717, 1.165) is 0 Å². The highest BCUT2D eigenvalue weighted by atomic mass is 19.1. The lowest BCUT2D eigenvalue weighted by Crippen LogP contribution is -2.53. The second-order valence-electron chi connectivity index (χ2n) is 6.75. The fourth-order valence-corrected chi connectivity index (χ4v) is 2.88. The van der Waals surface area contributed by atoms with Gasteiger partial charge in [-0.3, -0.25) is 14.4 Å². The van der Waals surface area contributed by atoms with Crippen molar-refractivity contribution in [1.82, 2.24) is 10.2 Å². The molecule has 0 fully saturated rings. The Morgan fingerprint density at radius 3 is 2.59 bits per heavy atom. The zero-order chi connectivity index (χ0) is 20.4. The average Bonchev–Trinajstić information content (AvgIpc) is 2.56. The van der Waals surface area contributed by atoms with Gasteiger partial charge >= 0.3 is 5.97 Å². The number of carboxylic acid groups (broad SMARTS) is 1. The molecule has 1 aromatic carbocycles. The number of hydrogen-bond acceptors (Lipinski definition) is 5. The third kappa shape index (κ3) is 4.36. The number of carbonyl (C=O) groups is 3. The summed E-state index contributed by atoms with van der Waals surface area (Å²) in [7, 11) is 1.34. The number of hydrogen-bond donors (Lipinski definition) is 3. The smallest absolute Gasteiger partial charge is 0.322 e. The monoisotopic (exact) mass is 380 g/mol. The summed E-state index contributed by atoms with van der Waals surface area (Å²) in [5.74, 6) is -3.95. The molecule has 1 aromatic rings. The first kappa shape index (κ1) is 20.2. The highest BCUT2D eigenvalue weighted by Crippen LogP contribution is 2.33. The van der Waals surface area contributed by atoms with E-state index in [-0.39, 0.29) is 18.7 Å². The normalized spacial score (nSPS) is 16.3. The van der Waals surface area contributed by atoms with Crippen LogP contribution in [0.1, 0.15) is 25.8 Å². The van der Waals surface area contributed by atoms with Gasteiger partial charge in [-0.25, -0.2) is 4.39 Å². The summed E-state index contributed by atoms with van der Waals surface area (Å²) in [6.07, 6.45) is -0.00674. The standard InChI is InChI=1S/C18H21FN2O6/c1-18(2)7-12(22)15(16(25)20-8-14(23)24)17(26)21(18)9-10-4-5-13(27-3)11(19)6-10/h4-6,22H,7-9H2,1-3H3,(H,20,25)(H,23,24). The molecule has 0 spiro atoms. The molecule has 0 saturated carbocycles. The Hall–Kier alpha value is -3.10. The second-order valence-corrected chi connectivity index (χ2v) is 6.75. The number of halogens is 1. The maximum absolute atomic E-state index is 13.9. The molecule has 2 rings (SSSR count). The minimum Gasteiger partial charge on any atom is -0.511 e. The van der Waals surface area contributed by atoms with Crippen LogP contribution in [0.3, 0.4) is 0 Å². The van der Waals surface area contributed by atoms with Crippen molar-refractivity contribution in [2.45, 2.75) is 32.4 Å². The number of carboxylic acids is 1. The van der Waals surface area contributed by atoms with Crippen molar-refractivity contribution in [3.63, 3.8) is 0 Å². The van der Waals surface area contributed by atoms with E-state index >= 15 is 0 Å². The number of rotatable bonds is 6. The number of nitrogens with one attached hydrogen (secondary N) is 1. The summed E-state index contributed by atoms with van der Waals surface area (Å²) < 4.78 is 18.8. The highest BCUT2D eigenvalue weighted by molar-refractivity contribution is 6.19. The first-order valence-corrected chi connectivity index (χ1v) is 8.13. The van der Waals surface area contributed by atoms with E-state index in [0.29, 0.717) is 5.56 Å². The Kier molecular flexibility index (Phi) is 5.72. The third-order valence-corrected chi connectivity index (χ3v) is 4.26. The van der Waals surface area contributed by atoms with E-state index in [4.69, 9.17) is 9.84 Å². The average molecular weight is 380 g/mol. The van der Waals surface area contributed by atoms with Crippen LogP contribution in [0.5, 0.6) is 5.75 Å². The minimum atomic E-state index is -1.28. The van der Waals surface area contributed by atoms with E-state index in [1.165, 1.54) is 24.1 Å². The number of aliphatic carboxylic acids is 1. The lowest BCUT2D eigenvalue weighted by atomic mass is 9.88. The Balaban J connectivity index is 2.30. The van der Waals surface area contributed by atoms with Gasteiger partial charge in [0.15, 0.2) is 11.6 Å². The van der Waals surface area contributed by atoms with Gasteiger partial charge in [-0.2, -0.15) is 0 Å². The molecular weight excluding hydrogens is 359 g/mol. The van der Waals surface area contributed by atoms with E-state index in [1.54, 1.807) is 19.9 Å². The second kappa shape index (κ2) is 7.65. The number of methoxy groups -OCH3 is 1. The van der Waals surface area contributed by atoms with Crippen molar-refractivity contribution in [3.8, 4) is 5.75 Å². The van der Waals surface area contributed by atoms with Crippen LogP contribution in [0.15, 0.2) is 29.5 Å². The number of aliphatic hydroxyl groups excluding tert-OH is 1. The van der Waals surface area contributed by atoms with Crippen molar-refractivity contribution in [2.24, 2.45) is 0 Å². The molecule has 2 amide bonds. The molecule has 1 aliphatic rings. The molecular formula is C18H21FN2O6. The van der Waals surface area contributed by atoms with Crippen LogP contribution in [-0.4, -0.2) is 52.1 Å². The first-order chi connectivity index (χ1) is 12.6. The molecule has 1 aliphatic heterocycles. The van der Waals surface area contributed by atoms with Gasteiger partial charge in [-0.05, 0) is 31.5 Å². The van der Waals surface area contributed by atoms with Gasteiger partial charge < -0.3 is 25.2 Å². The Labute approximate surface area is 155 Å². The van der Waals surface area contributed by atoms with Gasteiger partial charge in [-0.1, -0.05) is 6.07 Å². The SMILES string of the molecule is COc1ccc(CN2C(=O)C(C(=O)NCC(=O)O)=C(O)CC2(C)C)cc1F. The fraction of sp³-hybridized carbons (Fsp3) is 0.389. The summed E-state index contributed by atoms with van der Waals surface area (Å²) >= 11 is 0. The molecule has 0 radical (unpaired) electrons. The molecule has 0 aliphatic carbocycles. The van der Waals surface area contributed by atoms with E-state index in [1.807, 2.05) is 0 Å². The lowest BCUT2D eigenvalue weighted by Gasteiger charge is -2.42. The number of carbonyl (C=O) groups excluding carboxylic acids is 2. The summed E-state index contributed by atoms with van der Waals surface area (Å²) in [5.41, 5.74) is -0.875. The van der Waals surface area contributed by atoms with Gasteiger partial charge in [0.05, 0.1) is 7.11 Å². The zero-order valence-corrected chi connectivity index (χ0v) is 15.2. The summed E-state index contributed by atoms with van der Waals surface area (Å²) in [6, 6.07) is 4.25. The van der Waals surface area contributed by atoms with Crippen molar-refractivity contribution < 1.29 is 33.7 Å². The minimum absolute atomic E-state index is 0.00423. The van der Waals surface area contributed by atoms with Crippen molar-refractivity contribution in [3.05, 3.63) is 40.9 Å². The van der Waals surface area contributed by atoms with Crippen LogP contribution in [0.2, 0.25) is 0 Å². The summed E-state index contributed by atoms with van der Waals surface area (Å²) in [6.45, 7) is 2.71. The van der Waals surface area contributed by atoms with E-state index in [9.17, 15) is 23.9 Å². The van der Waals surface area contributed by atoms with Crippen LogP contribution in [0, 0.1) is 5.82 Å². The Morgan fingerprint density at radius 1 is 1.37 bits per heavy atom. The summed E-state index contributed by atoms with van der Waals surface area (Å²) in [5, 5.41) is 20.9. The number of ether oxygens (including phenoxy) is 1.